The third-order valence-electron chi connectivity index (χ3n) is 5.63. The quantitative estimate of drug-likeness (QED) is 0.483. The average Bonchev–Trinajstić information content (AvgIpc) is 2.65. The molecule has 1 aromatic rings. The van der Waals surface area contributed by atoms with Gasteiger partial charge in [0, 0.05) is 0 Å². The number of quaternary nitrogens is 2. The normalized spacial score (nSPS) is 25.1. The van der Waals surface area contributed by atoms with Gasteiger partial charge in [-0.15, -0.1) is 0 Å². The first-order valence-electron chi connectivity index (χ1n) is 10.1. The minimum Gasteiger partial charge on any atom is -0.463 e. The molecule has 1 saturated heterocycles. The van der Waals surface area contributed by atoms with Crippen LogP contribution in [0.5, 0.6) is 0 Å². The van der Waals surface area contributed by atoms with Crippen molar-refractivity contribution in [3.05, 3.63) is 46.2 Å². The molecule has 0 spiro atoms. The lowest BCUT2D eigenvalue weighted by Gasteiger charge is -2.33. The van der Waals surface area contributed by atoms with Gasteiger partial charge in [-0.05, 0) is 31.9 Å². The van der Waals surface area contributed by atoms with Crippen molar-refractivity contribution < 1.29 is 24.1 Å². The predicted molar refractivity (Wildman–Crippen MR) is 106 cm³/mol. The van der Waals surface area contributed by atoms with Gasteiger partial charge < -0.3 is 25.2 Å². The minimum absolute atomic E-state index is 0.270. The van der Waals surface area contributed by atoms with E-state index in [1.165, 1.54) is 9.80 Å². The molecule has 4 N–H and O–H groups in total. The van der Waals surface area contributed by atoms with Gasteiger partial charge in [0.05, 0.1) is 31.0 Å². The van der Waals surface area contributed by atoms with Crippen LogP contribution in [0.4, 0.5) is 4.79 Å². The number of nitrogens with one attached hydrogen (secondary N) is 4. The molecule has 0 aliphatic carbocycles. The molecule has 0 aromatic heterocycles. The Balaban J connectivity index is 2.00. The Kier molecular flexibility index (Phi) is 6.36. The lowest BCUT2D eigenvalue weighted by molar-refractivity contribution is -1.00. The second-order valence-electron chi connectivity index (χ2n) is 7.89. The van der Waals surface area contributed by atoms with Crippen LogP contribution in [-0.2, 0) is 9.53 Å². The molecule has 2 aliphatic heterocycles. The summed E-state index contributed by atoms with van der Waals surface area (Å²) in [5.74, 6) is -0.366. The number of esters is 1. The summed E-state index contributed by atoms with van der Waals surface area (Å²) in [6.07, 6.45) is 0. The monoisotopic (exact) mass is 388 g/mol. The van der Waals surface area contributed by atoms with E-state index in [0.717, 1.165) is 42.9 Å². The predicted octanol–water partition coefficient (Wildman–Crippen LogP) is -1.11. The van der Waals surface area contributed by atoms with Crippen LogP contribution in [0.25, 0.3) is 0 Å². The molecule has 7 heteroatoms. The molecule has 3 rings (SSSR count). The lowest BCUT2D eigenvalue weighted by Crippen LogP contribution is -3.27. The van der Waals surface area contributed by atoms with Crippen LogP contribution in [0.3, 0.4) is 0 Å². The number of urea groups is 1. The fourth-order valence-electron chi connectivity index (χ4n) is 3.97. The van der Waals surface area contributed by atoms with E-state index in [0.29, 0.717) is 24.4 Å². The number of rotatable bonds is 5. The summed E-state index contributed by atoms with van der Waals surface area (Å²) in [6, 6.07) is 5.32. The zero-order valence-corrected chi connectivity index (χ0v) is 17.3. The summed E-state index contributed by atoms with van der Waals surface area (Å²) in [4.78, 5) is 28.3. The fraction of sp³-hybridized carbons (Fsp3) is 0.524. The van der Waals surface area contributed by atoms with Gasteiger partial charge in [0.1, 0.15) is 32.7 Å². The SMILES string of the molecule is CCOC(=O)C1=C(C[NH+]2CC[NH+](C)CC2)NC(=O)N[C@@H]1c1cc(C)ccc1C. The van der Waals surface area contributed by atoms with E-state index in [1.54, 1.807) is 6.92 Å². The average molecular weight is 389 g/mol. The first-order valence-corrected chi connectivity index (χ1v) is 10.1. The number of carbonyl (C=O) groups excluding carboxylic acids is 2. The molecule has 1 atom stereocenters. The molecule has 0 radical (unpaired) electrons. The number of piperazine rings is 1. The van der Waals surface area contributed by atoms with Crippen molar-refractivity contribution in [3.63, 3.8) is 0 Å². The highest BCUT2D eigenvalue weighted by atomic mass is 16.5. The zero-order valence-electron chi connectivity index (χ0n) is 17.3. The van der Waals surface area contributed by atoms with Crippen LogP contribution >= 0.6 is 0 Å². The van der Waals surface area contributed by atoms with Crippen LogP contribution in [-0.4, -0.2) is 58.4 Å². The van der Waals surface area contributed by atoms with Crippen LogP contribution in [0.2, 0.25) is 0 Å². The number of benzene rings is 1. The molecule has 0 saturated carbocycles. The first-order chi connectivity index (χ1) is 13.4. The fourth-order valence-corrected chi connectivity index (χ4v) is 3.97. The van der Waals surface area contributed by atoms with E-state index in [2.05, 4.69) is 17.7 Å². The van der Waals surface area contributed by atoms with Crippen molar-refractivity contribution in [1.29, 1.82) is 0 Å². The van der Waals surface area contributed by atoms with E-state index in [-0.39, 0.29) is 12.0 Å². The highest BCUT2D eigenvalue weighted by molar-refractivity contribution is 5.95. The maximum Gasteiger partial charge on any atom is 0.338 e. The molecular weight excluding hydrogens is 356 g/mol. The van der Waals surface area contributed by atoms with Gasteiger partial charge in [0.25, 0.3) is 0 Å². The highest BCUT2D eigenvalue weighted by Crippen LogP contribution is 2.30. The van der Waals surface area contributed by atoms with Crippen LogP contribution in [0.1, 0.15) is 29.7 Å². The summed E-state index contributed by atoms with van der Waals surface area (Å²) >= 11 is 0. The van der Waals surface area contributed by atoms with Gasteiger partial charge in [-0.25, -0.2) is 9.59 Å². The number of aryl methyl sites for hydroxylation is 2. The van der Waals surface area contributed by atoms with E-state index in [4.69, 9.17) is 4.74 Å². The molecule has 0 unspecified atom stereocenters. The van der Waals surface area contributed by atoms with Crippen molar-refractivity contribution in [2.24, 2.45) is 0 Å². The molecule has 2 amide bonds. The Morgan fingerprint density at radius 1 is 1.21 bits per heavy atom. The Hall–Kier alpha value is -2.38. The Morgan fingerprint density at radius 3 is 2.61 bits per heavy atom. The van der Waals surface area contributed by atoms with E-state index in [1.807, 2.05) is 32.0 Å². The summed E-state index contributed by atoms with van der Waals surface area (Å²) in [5, 5.41) is 5.84. The smallest absolute Gasteiger partial charge is 0.338 e. The maximum atomic E-state index is 12.9. The van der Waals surface area contributed by atoms with Crippen molar-refractivity contribution in [3.8, 4) is 0 Å². The molecule has 28 heavy (non-hydrogen) atoms. The topological polar surface area (TPSA) is 76.3 Å². The zero-order chi connectivity index (χ0) is 20.3. The van der Waals surface area contributed by atoms with Crippen molar-refractivity contribution in [2.45, 2.75) is 26.8 Å². The highest BCUT2D eigenvalue weighted by Gasteiger charge is 2.36. The second kappa shape index (κ2) is 8.75. The van der Waals surface area contributed by atoms with Gasteiger partial charge in [-0.1, -0.05) is 23.8 Å². The largest absolute Gasteiger partial charge is 0.463 e. The number of carbonyl (C=O) groups is 2. The Morgan fingerprint density at radius 2 is 1.93 bits per heavy atom. The van der Waals surface area contributed by atoms with Gasteiger partial charge in [-0.3, -0.25) is 0 Å². The van der Waals surface area contributed by atoms with Gasteiger partial charge in [-0.2, -0.15) is 0 Å². The number of amides is 2. The van der Waals surface area contributed by atoms with Gasteiger partial charge in [0.2, 0.25) is 0 Å². The standard InChI is InChI=1S/C21H30N4O3/c1-5-28-20(26)18-17(13-25-10-8-24(4)9-11-25)22-21(27)23-19(18)16-12-14(2)6-7-15(16)3/h6-7,12,19H,5,8-11,13H2,1-4H3,(H2,22,23,27)/p+2/t19-/m1/s1. The number of hydrogen-bond donors (Lipinski definition) is 4. The van der Waals surface area contributed by atoms with Crippen molar-refractivity contribution in [1.82, 2.24) is 10.6 Å². The Bertz CT molecular complexity index is 782. The molecule has 7 nitrogen and oxygen atoms in total. The molecule has 2 aliphatic rings. The second-order valence-corrected chi connectivity index (χ2v) is 7.89. The molecular formula is C21H32N4O3+2. The summed E-state index contributed by atoms with van der Waals surface area (Å²) in [6.45, 7) is 10.9. The van der Waals surface area contributed by atoms with Crippen LogP contribution in [0, 0.1) is 13.8 Å². The molecule has 152 valence electrons. The third kappa shape index (κ3) is 4.54. The van der Waals surface area contributed by atoms with E-state index in [9.17, 15) is 9.59 Å². The molecule has 1 aromatic carbocycles. The minimum atomic E-state index is -0.500. The van der Waals surface area contributed by atoms with Gasteiger partial charge in [0.15, 0.2) is 0 Å². The van der Waals surface area contributed by atoms with E-state index >= 15 is 0 Å². The number of ether oxygens (including phenoxy) is 1. The van der Waals surface area contributed by atoms with Gasteiger partial charge >= 0.3 is 12.0 Å². The molecule has 2 heterocycles. The van der Waals surface area contributed by atoms with Crippen molar-refractivity contribution in [2.75, 3.05) is 46.4 Å². The number of hydrogen-bond acceptors (Lipinski definition) is 3. The first kappa shape index (κ1) is 20.4. The summed E-state index contributed by atoms with van der Waals surface area (Å²) in [7, 11) is 2.20. The number of likely N-dealkylation sites (N-methyl/N-ethyl adjacent to an activating group) is 1. The molecule has 1 fully saturated rings. The van der Waals surface area contributed by atoms with Crippen LogP contribution < -0.4 is 20.4 Å². The third-order valence-corrected chi connectivity index (χ3v) is 5.63. The Labute approximate surface area is 166 Å². The van der Waals surface area contributed by atoms with Crippen LogP contribution in [0.15, 0.2) is 29.5 Å². The summed E-state index contributed by atoms with van der Waals surface area (Å²) in [5.41, 5.74) is 4.27. The molecule has 0 bridgehead atoms. The van der Waals surface area contributed by atoms with E-state index < -0.39 is 6.04 Å². The van der Waals surface area contributed by atoms with Crippen molar-refractivity contribution >= 4 is 12.0 Å². The maximum absolute atomic E-state index is 12.9. The summed E-state index contributed by atoms with van der Waals surface area (Å²) < 4.78 is 5.37. The lowest BCUT2D eigenvalue weighted by atomic mass is 9.91.